The van der Waals surface area contributed by atoms with E-state index in [-0.39, 0.29) is 12.5 Å². The summed E-state index contributed by atoms with van der Waals surface area (Å²) in [4.78, 5) is 14.1. The molecule has 0 atom stereocenters. The van der Waals surface area contributed by atoms with E-state index in [9.17, 15) is 9.90 Å². The Labute approximate surface area is 123 Å². The third-order valence-corrected chi connectivity index (χ3v) is 2.95. The molecule has 7 nitrogen and oxygen atoms in total. The average Bonchev–Trinajstić information content (AvgIpc) is 2.97. The van der Waals surface area contributed by atoms with Crippen molar-refractivity contribution >= 4 is 5.91 Å². The zero-order valence-corrected chi connectivity index (χ0v) is 12.4. The number of aromatic nitrogens is 4. The van der Waals surface area contributed by atoms with E-state index >= 15 is 0 Å². The number of aliphatic hydroxyl groups is 1. The molecule has 1 amide bonds. The van der Waals surface area contributed by atoms with Crippen LogP contribution in [0.3, 0.4) is 0 Å². The minimum Gasteiger partial charge on any atom is -0.389 e. The molecule has 1 N–H and O–H groups in total. The molecule has 0 radical (unpaired) electrons. The Kier molecular flexibility index (Phi) is 4.32. The van der Waals surface area contributed by atoms with E-state index in [0.717, 1.165) is 0 Å². The van der Waals surface area contributed by atoms with Crippen molar-refractivity contribution in [1.82, 2.24) is 25.1 Å². The number of amides is 1. The molecule has 7 heteroatoms. The lowest BCUT2D eigenvalue weighted by atomic mass is 10.1. The Balaban J connectivity index is 2.24. The molecule has 0 unspecified atom stereocenters. The lowest BCUT2D eigenvalue weighted by Crippen LogP contribution is -2.42. The van der Waals surface area contributed by atoms with Crippen molar-refractivity contribution in [2.45, 2.75) is 26.4 Å². The number of hydrogen-bond acceptors (Lipinski definition) is 5. The first-order valence-corrected chi connectivity index (χ1v) is 6.76. The lowest BCUT2D eigenvalue weighted by Gasteiger charge is -2.28. The van der Waals surface area contributed by atoms with Crippen LogP contribution >= 0.6 is 0 Å². The number of nitrogens with zero attached hydrogens (tertiary/aromatic N) is 5. The molecule has 0 aliphatic heterocycles. The summed E-state index contributed by atoms with van der Waals surface area (Å²) in [6.07, 6.45) is 1.47. The Morgan fingerprint density at radius 2 is 2.19 bits per heavy atom. The first-order chi connectivity index (χ1) is 9.90. The van der Waals surface area contributed by atoms with Gasteiger partial charge in [-0.2, -0.15) is 0 Å². The molecule has 2 rings (SSSR count). The lowest BCUT2D eigenvalue weighted by molar-refractivity contribution is 0.0314. The summed E-state index contributed by atoms with van der Waals surface area (Å²) in [6, 6.07) is 7.07. The van der Waals surface area contributed by atoms with Crippen LogP contribution in [-0.2, 0) is 0 Å². The molecule has 0 fully saturated rings. The molecule has 2 aromatic rings. The summed E-state index contributed by atoms with van der Waals surface area (Å²) in [5, 5.41) is 20.9. The Bertz CT molecular complexity index is 604. The maximum absolute atomic E-state index is 12.5. The standard InChI is InChI=1S/C14H19N5O2/c1-4-18(9-14(2,3)21)13(20)11-6-5-7-12(8-11)19-10-15-16-17-19/h5-8,10,21H,4,9H2,1-3H3. The number of carbonyl (C=O) groups excluding carboxylic acids is 1. The second-order valence-corrected chi connectivity index (χ2v) is 5.44. The van der Waals surface area contributed by atoms with Gasteiger partial charge in [-0.3, -0.25) is 4.79 Å². The van der Waals surface area contributed by atoms with Gasteiger partial charge >= 0.3 is 0 Å². The highest BCUT2D eigenvalue weighted by Gasteiger charge is 2.22. The van der Waals surface area contributed by atoms with Gasteiger partial charge in [0, 0.05) is 18.7 Å². The van der Waals surface area contributed by atoms with Crippen molar-refractivity contribution in [3.8, 4) is 5.69 Å². The van der Waals surface area contributed by atoms with Crippen molar-refractivity contribution in [3.63, 3.8) is 0 Å². The minimum atomic E-state index is -0.931. The molecular weight excluding hydrogens is 270 g/mol. The van der Waals surface area contributed by atoms with Gasteiger partial charge in [-0.25, -0.2) is 4.68 Å². The second kappa shape index (κ2) is 6.01. The quantitative estimate of drug-likeness (QED) is 0.884. The van der Waals surface area contributed by atoms with Crippen LogP contribution in [0.5, 0.6) is 0 Å². The van der Waals surface area contributed by atoms with Gasteiger partial charge in [0.15, 0.2) is 0 Å². The summed E-state index contributed by atoms with van der Waals surface area (Å²) < 4.78 is 1.49. The van der Waals surface area contributed by atoms with Gasteiger partial charge in [-0.15, -0.1) is 5.10 Å². The van der Waals surface area contributed by atoms with Crippen molar-refractivity contribution in [2.75, 3.05) is 13.1 Å². The van der Waals surface area contributed by atoms with Gasteiger partial charge in [0.25, 0.3) is 5.91 Å². The number of benzene rings is 1. The molecule has 0 aliphatic rings. The summed E-state index contributed by atoms with van der Waals surface area (Å²) in [5.74, 6) is -0.130. The van der Waals surface area contributed by atoms with E-state index in [1.54, 1.807) is 36.9 Å². The van der Waals surface area contributed by atoms with Crippen molar-refractivity contribution < 1.29 is 9.90 Å². The topological polar surface area (TPSA) is 84.1 Å². The van der Waals surface area contributed by atoms with Crippen LogP contribution < -0.4 is 0 Å². The predicted octanol–water partition coefficient (Wildman–Crippen LogP) is 0.895. The van der Waals surface area contributed by atoms with Gasteiger partial charge in [0.05, 0.1) is 11.3 Å². The Morgan fingerprint density at radius 3 is 2.76 bits per heavy atom. The van der Waals surface area contributed by atoms with Gasteiger partial charge in [-0.05, 0) is 49.4 Å². The van der Waals surface area contributed by atoms with Gasteiger partial charge in [0.1, 0.15) is 6.33 Å². The van der Waals surface area contributed by atoms with Gasteiger partial charge in [-0.1, -0.05) is 6.07 Å². The molecule has 0 bridgehead atoms. The Hall–Kier alpha value is -2.28. The maximum atomic E-state index is 12.5. The fraction of sp³-hybridized carbons (Fsp3) is 0.429. The monoisotopic (exact) mass is 289 g/mol. The predicted molar refractivity (Wildman–Crippen MR) is 77.0 cm³/mol. The summed E-state index contributed by atoms with van der Waals surface area (Å²) >= 11 is 0. The zero-order valence-electron chi connectivity index (χ0n) is 12.4. The number of tetrazole rings is 1. The molecule has 0 aliphatic carbocycles. The zero-order chi connectivity index (χ0) is 15.5. The van der Waals surface area contributed by atoms with E-state index in [4.69, 9.17) is 0 Å². The largest absolute Gasteiger partial charge is 0.389 e. The third-order valence-electron chi connectivity index (χ3n) is 2.95. The van der Waals surface area contributed by atoms with Crippen LogP contribution in [0.4, 0.5) is 0 Å². The molecule has 0 spiro atoms. The third kappa shape index (κ3) is 3.85. The van der Waals surface area contributed by atoms with E-state index in [1.165, 1.54) is 11.0 Å². The normalized spacial score (nSPS) is 11.4. The molecular formula is C14H19N5O2. The second-order valence-electron chi connectivity index (χ2n) is 5.44. The van der Waals surface area contributed by atoms with Crippen LogP contribution in [0, 0.1) is 0 Å². The minimum absolute atomic E-state index is 0.130. The van der Waals surface area contributed by atoms with Crippen molar-refractivity contribution in [3.05, 3.63) is 36.2 Å². The fourth-order valence-corrected chi connectivity index (χ4v) is 2.04. The summed E-state index contributed by atoms with van der Waals surface area (Å²) in [6.45, 7) is 6.05. The fourth-order valence-electron chi connectivity index (χ4n) is 2.04. The summed E-state index contributed by atoms with van der Waals surface area (Å²) in [5.41, 5.74) is 0.318. The van der Waals surface area contributed by atoms with Crippen LogP contribution in [0.1, 0.15) is 31.1 Å². The van der Waals surface area contributed by atoms with E-state index in [1.807, 2.05) is 13.0 Å². The number of likely N-dealkylation sites (N-methyl/N-ethyl adjacent to an activating group) is 1. The van der Waals surface area contributed by atoms with E-state index < -0.39 is 5.60 Å². The molecule has 1 aromatic carbocycles. The van der Waals surface area contributed by atoms with E-state index in [0.29, 0.717) is 17.8 Å². The van der Waals surface area contributed by atoms with Crippen molar-refractivity contribution in [1.29, 1.82) is 0 Å². The van der Waals surface area contributed by atoms with Crippen LogP contribution in [0.2, 0.25) is 0 Å². The molecule has 1 aromatic heterocycles. The number of hydrogen-bond donors (Lipinski definition) is 1. The van der Waals surface area contributed by atoms with Crippen LogP contribution in [0.15, 0.2) is 30.6 Å². The van der Waals surface area contributed by atoms with Crippen molar-refractivity contribution in [2.24, 2.45) is 0 Å². The van der Waals surface area contributed by atoms with Crippen LogP contribution in [0.25, 0.3) is 5.69 Å². The molecule has 112 valence electrons. The number of carbonyl (C=O) groups is 1. The van der Waals surface area contributed by atoms with Gasteiger partial charge in [0.2, 0.25) is 0 Å². The molecule has 1 heterocycles. The first-order valence-electron chi connectivity index (χ1n) is 6.76. The van der Waals surface area contributed by atoms with Crippen LogP contribution in [-0.4, -0.2) is 54.8 Å². The summed E-state index contributed by atoms with van der Waals surface area (Å²) in [7, 11) is 0. The molecule has 0 saturated heterocycles. The highest BCUT2D eigenvalue weighted by Crippen LogP contribution is 2.13. The first kappa shape index (κ1) is 15.1. The smallest absolute Gasteiger partial charge is 0.254 e. The Morgan fingerprint density at radius 1 is 1.43 bits per heavy atom. The highest BCUT2D eigenvalue weighted by molar-refractivity contribution is 5.94. The average molecular weight is 289 g/mol. The maximum Gasteiger partial charge on any atom is 0.254 e. The SMILES string of the molecule is CCN(CC(C)(C)O)C(=O)c1cccc(-n2cnnn2)c1. The number of rotatable bonds is 5. The van der Waals surface area contributed by atoms with Gasteiger partial charge < -0.3 is 10.0 Å². The van der Waals surface area contributed by atoms with E-state index in [2.05, 4.69) is 15.5 Å². The highest BCUT2D eigenvalue weighted by atomic mass is 16.3. The molecule has 0 saturated carbocycles. The molecule has 21 heavy (non-hydrogen) atoms.